The highest BCUT2D eigenvalue weighted by Crippen LogP contribution is 2.25. The van der Waals surface area contributed by atoms with Gasteiger partial charge in [0.15, 0.2) is 0 Å². The second-order valence-corrected chi connectivity index (χ2v) is 4.53. The first-order chi connectivity index (χ1) is 11.1. The van der Waals surface area contributed by atoms with Crippen LogP contribution in [0.3, 0.4) is 0 Å². The normalized spacial score (nSPS) is 10.3. The van der Waals surface area contributed by atoms with Crippen molar-refractivity contribution in [3.63, 3.8) is 0 Å². The van der Waals surface area contributed by atoms with E-state index in [4.69, 9.17) is 4.74 Å². The number of benzene rings is 2. The third kappa shape index (κ3) is 5.14. The number of nitrogens with one attached hydrogen (secondary N) is 2. The van der Waals surface area contributed by atoms with Gasteiger partial charge in [0.05, 0.1) is 12.8 Å². The zero-order valence-electron chi connectivity index (χ0n) is 12.4. The lowest BCUT2D eigenvalue weighted by Gasteiger charge is -2.12. The van der Waals surface area contributed by atoms with E-state index >= 15 is 0 Å². The van der Waals surface area contributed by atoms with Gasteiger partial charge in [0.1, 0.15) is 11.5 Å². The molecule has 0 aromatic heterocycles. The molecule has 7 heteroatoms. The maximum atomic E-state index is 12.3. The summed E-state index contributed by atoms with van der Waals surface area (Å²) in [6.45, 7) is -2.70. The summed E-state index contributed by atoms with van der Waals surface area (Å²) in [7, 11) is 1.55. The van der Waals surface area contributed by atoms with Gasteiger partial charge in [-0.25, -0.2) is 4.79 Å². The van der Waals surface area contributed by atoms with E-state index in [0.717, 1.165) is 5.56 Å². The molecule has 0 unspecified atom stereocenters. The first-order valence-corrected chi connectivity index (χ1v) is 6.80. The van der Waals surface area contributed by atoms with Crippen LogP contribution in [0, 0.1) is 0 Å². The van der Waals surface area contributed by atoms with Crippen molar-refractivity contribution in [3.8, 4) is 11.5 Å². The zero-order valence-corrected chi connectivity index (χ0v) is 12.4. The number of hydrogen-bond acceptors (Lipinski definition) is 3. The van der Waals surface area contributed by atoms with E-state index in [1.54, 1.807) is 31.4 Å². The van der Waals surface area contributed by atoms with Crippen LogP contribution < -0.4 is 20.1 Å². The maximum absolute atomic E-state index is 12.3. The number of rotatable bonds is 6. The van der Waals surface area contributed by atoms with E-state index < -0.39 is 12.6 Å². The van der Waals surface area contributed by atoms with Crippen molar-refractivity contribution >= 4 is 11.7 Å². The molecule has 0 atom stereocenters. The molecular formula is C16H16F2N2O3. The summed E-state index contributed by atoms with van der Waals surface area (Å²) in [6.07, 6.45) is 0. The molecule has 0 saturated heterocycles. The number of carbonyl (C=O) groups is 1. The van der Waals surface area contributed by atoms with Gasteiger partial charge in [-0.2, -0.15) is 8.78 Å². The topological polar surface area (TPSA) is 59.6 Å². The molecule has 0 aliphatic heterocycles. The van der Waals surface area contributed by atoms with Crippen LogP contribution in [0.1, 0.15) is 5.56 Å². The monoisotopic (exact) mass is 322 g/mol. The highest BCUT2D eigenvalue weighted by Gasteiger charge is 2.11. The molecule has 122 valence electrons. The summed E-state index contributed by atoms with van der Waals surface area (Å²) in [5, 5.41) is 5.11. The summed E-state index contributed by atoms with van der Waals surface area (Å²) in [5.74, 6) is 0.583. The van der Waals surface area contributed by atoms with Crippen molar-refractivity contribution in [1.29, 1.82) is 0 Å². The largest absolute Gasteiger partial charge is 0.497 e. The Morgan fingerprint density at radius 2 is 1.96 bits per heavy atom. The van der Waals surface area contributed by atoms with Crippen LogP contribution in [0.15, 0.2) is 48.5 Å². The van der Waals surface area contributed by atoms with Crippen LogP contribution >= 0.6 is 0 Å². The van der Waals surface area contributed by atoms with E-state index in [1.165, 1.54) is 18.2 Å². The molecule has 2 amide bonds. The van der Waals surface area contributed by atoms with Gasteiger partial charge in [0.25, 0.3) is 0 Å². The third-order valence-corrected chi connectivity index (χ3v) is 2.94. The number of ether oxygens (including phenoxy) is 2. The summed E-state index contributed by atoms with van der Waals surface area (Å²) >= 11 is 0. The van der Waals surface area contributed by atoms with Crippen molar-refractivity contribution in [2.75, 3.05) is 12.4 Å². The Bertz CT molecular complexity index is 665. The van der Waals surface area contributed by atoms with Gasteiger partial charge in [0, 0.05) is 6.54 Å². The van der Waals surface area contributed by atoms with Crippen LogP contribution in [0.2, 0.25) is 0 Å². The molecule has 0 fully saturated rings. The Kier molecular flexibility index (Phi) is 5.74. The number of hydrogen-bond donors (Lipinski definition) is 2. The van der Waals surface area contributed by atoms with Gasteiger partial charge in [-0.15, -0.1) is 0 Å². The number of amides is 2. The predicted molar refractivity (Wildman–Crippen MR) is 81.9 cm³/mol. The highest BCUT2D eigenvalue weighted by atomic mass is 19.3. The van der Waals surface area contributed by atoms with Gasteiger partial charge in [-0.1, -0.05) is 24.3 Å². The standard InChI is InChI=1S/C16H16F2N2O3/c1-22-12-6-4-5-11(9-12)10-19-16(21)20-13-7-2-3-8-14(13)23-15(17)18/h2-9,15H,10H2,1H3,(H2,19,20,21). The Balaban J connectivity index is 1.94. The molecule has 0 bridgehead atoms. The molecule has 0 heterocycles. The van der Waals surface area contributed by atoms with Crippen molar-refractivity contribution in [3.05, 3.63) is 54.1 Å². The van der Waals surface area contributed by atoms with Crippen molar-refractivity contribution in [1.82, 2.24) is 5.32 Å². The smallest absolute Gasteiger partial charge is 0.387 e. The van der Waals surface area contributed by atoms with E-state index in [1.807, 2.05) is 6.07 Å². The van der Waals surface area contributed by atoms with Gasteiger partial charge in [0.2, 0.25) is 0 Å². The minimum atomic E-state index is -2.96. The molecule has 0 spiro atoms. The van der Waals surface area contributed by atoms with E-state index in [-0.39, 0.29) is 18.0 Å². The lowest BCUT2D eigenvalue weighted by atomic mass is 10.2. The number of methoxy groups -OCH3 is 1. The van der Waals surface area contributed by atoms with Gasteiger partial charge >= 0.3 is 12.6 Å². The van der Waals surface area contributed by atoms with Crippen LogP contribution in [0.5, 0.6) is 11.5 Å². The van der Waals surface area contributed by atoms with Gasteiger partial charge < -0.3 is 20.1 Å². The minimum Gasteiger partial charge on any atom is -0.497 e. The molecule has 23 heavy (non-hydrogen) atoms. The molecular weight excluding hydrogens is 306 g/mol. The van der Waals surface area contributed by atoms with Crippen LogP contribution in [-0.2, 0) is 6.54 Å². The number of para-hydroxylation sites is 2. The molecule has 2 N–H and O–H groups in total. The number of halogens is 2. The summed E-state index contributed by atoms with van der Waals surface area (Å²) in [6, 6.07) is 12.7. The minimum absolute atomic E-state index is 0.0981. The van der Waals surface area contributed by atoms with Crippen molar-refractivity contribution < 1.29 is 23.0 Å². The Morgan fingerprint density at radius 1 is 1.17 bits per heavy atom. The summed E-state index contributed by atoms with van der Waals surface area (Å²) < 4.78 is 34.1. The molecule has 2 rings (SSSR count). The second kappa shape index (κ2) is 7.98. The van der Waals surface area contributed by atoms with Crippen LogP contribution in [0.25, 0.3) is 0 Å². The lowest BCUT2D eigenvalue weighted by Crippen LogP contribution is -2.28. The van der Waals surface area contributed by atoms with E-state index in [9.17, 15) is 13.6 Å². The summed E-state index contributed by atoms with van der Waals surface area (Å²) in [4.78, 5) is 11.9. The van der Waals surface area contributed by atoms with E-state index in [0.29, 0.717) is 5.75 Å². The van der Waals surface area contributed by atoms with E-state index in [2.05, 4.69) is 15.4 Å². The highest BCUT2D eigenvalue weighted by molar-refractivity contribution is 5.90. The fourth-order valence-corrected chi connectivity index (χ4v) is 1.90. The average Bonchev–Trinajstić information content (AvgIpc) is 2.54. The quantitative estimate of drug-likeness (QED) is 0.854. The molecule has 0 saturated carbocycles. The fraction of sp³-hybridized carbons (Fsp3) is 0.188. The number of urea groups is 1. The molecule has 5 nitrogen and oxygen atoms in total. The van der Waals surface area contributed by atoms with Crippen molar-refractivity contribution in [2.45, 2.75) is 13.2 Å². The second-order valence-electron chi connectivity index (χ2n) is 4.53. The first kappa shape index (κ1) is 16.5. The predicted octanol–water partition coefficient (Wildman–Crippen LogP) is 3.62. The number of alkyl halides is 2. The Hall–Kier alpha value is -2.83. The third-order valence-electron chi connectivity index (χ3n) is 2.94. The van der Waals surface area contributed by atoms with Crippen LogP contribution in [0.4, 0.5) is 19.3 Å². The maximum Gasteiger partial charge on any atom is 0.387 e. The molecule has 0 radical (unpaired) electrons. The SMILES string of the molecule is COc1cccc(CNC(=O)Nc2ccccc2OC(F)F)c1. The molecule has 0 aliphatic rings. The molecule has 0 aliphatic carbocycles. The summed E-state index contributed by atoms with van der Waals surface area (Å²) in [5.41, 5.74) is 1.01. The Morgan fingerprint density at radius 3 is 2.70 bits per heavy atom. The molecule has 2 aromatic carbocycles. The first-order valence-electron chi connectivity index (χ1n) is 6.80. The van der Waals surface area contributed by atoms with Crippen LogP contribution in [-0.4, -0.2) is 19.8 Å². The lowest BCUT2D eigenvalue weighted by molar-refractivity contribution is -0.0493. The van der Waals surface area contributed by atoms with Crippen molar-refractivity contribution in [2.24, 2.45) is 0 Å². The fourth-order valence-electron chi connectivity index (χ4n) is 1.90. The zero-order chi connectivity index (χ0) is 16.7. The van der Waals surface area contributed by atoms with Gasteiger partial charge in [-0.05, 0) is 29.8 Å². The van der Waals surface area contributed by atoms with Gasteiger partial charge in [-0.3, -0.25) is 0 Å². The average molecular weight is 322 g/mol. The number of carbonyl (C=O) groups excluding carboxylic acids is 1. The Labute approximate surface area is 132 Å². The number of anilines is 1. The molecule has 2 aromatic rings.